The summed E-state index contributed by atoms with van der Waals surface area (Å²) in [4.78, 5) is 45.2. The first-order valence-electron chi connectivity index (χ1n) is 22.6. The summed E-state index contributed by atoms with van der Waals surface area (Å²) in [6.45, 7) is 8.17. The highest BCUT2D eigenvalue weighted by Gasteiger charge is 2.41. The molecule has 0 saturated carbocycles. The largest absolute Gasteiger partial charge is 0.485 e. The minimum Gasteiger partial charge on any atom is -0.485 e. The van der Waals surface area contributed by atoms with Crippen LogP contribution in [0.3, 0.4) is 0 Å². The van der Waals surface area contributed by atoms with Gasteiger partial charge in [0, 0.05) is 19.4 Å². The lowest BCUT2D eigenvalue weighted by molar-refractivity contribution is -0.142. The first-order chi connectivity index (χ1) is 32.0. The second kappa shape index (κ2) is 20.2. The second-order valence-electron chi connectivity index (χ2n) is 17.7. The van der Waals surface area contributed by atoms with E-state index in [1.165, 1.54) is 0 Å². The standard InChI is InChI=1S/C57H57N3O6/c1-38(2)53(58-56(63)66-37-50-48-28-16-14-26-46(48)47-27-15-17-29-49(47)50)54(61)59-57(4,55(62)60(5)39(3)44-30-18-24-43-23-12-13-25-45(43)44)34-42-31-32-51(64-35-40-19-8-6-9-20-40)52(33-42)65-36-41-21-10-7-11-22-41/h6-33,38-39,50,53H,34-37H2,1-5H3,(H,58,63)(H,59,61)/t39-,53+,57+/m1/s1. The molecule has 8 rings (SSSR count). The van der Waals surface area contributed by atoms with Crippen LogP contribution in [-0.4, -0.2) is 48.0 Å². The molecule has 7 aromatic carbocycles. The third kappa shape index (κ3) is 10.1. The second-order valence-corrected chi connectivity index (χ2v) is 17.7. The van der Waals surface area contributed by atoms with E-state index in [0.717, 1.165) is 55.3 Å². The Bertz CT molecular complexity index is 2760. The van der Waals surface area contributed by atoms with Crippen LogP contribution in [-0.2, 0) is 34.0 Å². The van der Waals surface area contributed by atoms with Gasteiger partial charge in [0.1, 0.15) is 31.4 Å². The normalized spacial score (nSPS) is 13.7. The third-order valence-electron chi connectivity index (χ3n) is 12.7. The van der Waals surface area contributed by atoms with Crippen LogP contribution in [0.2, 0.25) is 0 Å². The van der Waals surface area contributed by atoms with Crippen molar-refractivity contribution in [2.75, 3.05) is 13.7 Å². The molecule has 7 aromatic rings. The Hall–Kier alpha value is -7.39. The maximum absolute atomic E-state index is 15.2. The Morgan fingerprint density at radius 1 is 0.636 bits per heavy atom. The zero-order valence-corrected chi connectivity index (χ0v) is 38.2. The van der Waals surface area contributed by atoms with E-state index in [4.69, 9.17) is 14.2 Å². The molecule has 3 atom stereocenters. The predicted molar refractivity (Wildman–Crippen MR) is 260 cm³/mol. The number of benzene rings is 7. The van der Waals surface area contributed by atoms with Crippen LogP contribution in [0.4, 0.5) is 4.79 Å². The van der Waals surface area contributed by atoms with E-state index < -0.39 is 23.6 Å². The Kier molecular flexibility index (Phi) is 13.8. The van der Waals surface area contributed by atoms with Crippen LogP contribution >= 0.6 is 0 Å². The summed E-state index contributed by atoms with van der Waals surface area (Å²) in [7, 11) is 1.77. The van der Waals surface area contributed by atoms with E-state index in [1.54, 1.807) is 18.9 Å². The molecule has 9 nitrogen and oxygen atoms in total. The number of alkyl carbamates (subject to hydrolysis) is 1. The number of hydrogen-bond donors (Lipinski definition) is 2. The summed E-state index contributed by atoms with van der Waals surface area (Å²) in [6, 6.07) is 54.5. The molecular formula is C57H57N3O6. The van der Waals surface area contributed by atoms with Gasteiger partial charge in [-0.25, -0.2) is 4.79 Å². The lowest BCUT2D eigenvalue weighted by Crippen LogP contribution is -2.62. The molecule has 9 heteroatoms. The fourth-order valence-corrected chi connectivity index (χ4v) is 8.99. The molecule has 0 saturated heterocycles. The number of carbonyl (C=O) groups excluding carboxylic acids is 3. The Morgan fingerprint density at radius 3 is 1.83 bits per heavy atom. The van der Waals surface area contributed by atoms with E-state index >= 15 is 4.79 Å². The minimum absolute atomic E-state index is 0.0963. The Morgan fingerprint density at radius 2 is 1.20 bits per heavy atom. The molecule has 0 unspecified atom stereocenters. The first-order valence-corrected chi connectivity index (χ1v) is 22.6. The van der Waals surface area contributed by atoms with E-state index in [1.807, 2.05) is 148 Å². The monoisotopic (exact) mass is 879 g/mol. The van der Waals surface area contributed by atoms with Crippen molar-refractivity contribution in [3.63, 3.8) is 0 Å². The van der Waals surface area contributed by atoms with Gasteiger partial charge in [0.05, 0.1) is 6.04 Å². The number of hydrogen-bond acceptors (Lipinski definition) is 6. The van der Waals surface area contributed by atoms with Crippen LogP contribution in [0.25, 0.3) is 21.9 Å². The molecule has 1 aliphatic carbocycles. The van der Waals surface area contributed by atoms with Crippen LogP contribution in [0.1, 0.15) is 73.0 Å². The predicted octanol–water partition coefficient (Wildman–Crippen LogP) is 11.2. The highest BCUT2D eigenvalue weighted by Crippen LogP contribution is 2.44. The highest BCUT2D eigenvalue weighted by molar-refractivity contribution is 5.95. The van der Waals surface area contributed by atoms with Gasteiger partial charge in [-0.15, -0.1) is 0 Å². The fraction of sp³-hybridized carbons (Fsp3) is 0.246. The van der Waals surface area contributed by atoms with E-state index in [-0.39, 0.29) is 36.8 Å². The fourth-order valence-electron chi connectivity index (χ4n) is 8.99. The molecule has 2 N–H and O–H groups in total. The van der Waals surface area contributed by atoms with Crippen molar-refractivity contribution < 1.29 is 28.6 Å². The van der Waals surface area contributed by atoms with Gasteiger partial charge < -0.3 is 29.7 Å². The molecule has 0 aliphatic heterocycles. The van der Waals surface area contributed by atoms with Gasteiger partial charge >= 0.3 is 6.09 Å². The number of rotatable bonds is 17. The zero-order valence-electron chi connectivity index (χ0n) is 38.2. The highest BCUT2D eigenvalue weighted by atomic mass is 16.5. The van der Waals surface area contributed by atoms with Crippen molar-refractivity contribution >= 4 is 28.7 Å². The number of ether oxygens (including phenoxy) is 3. The molecule has 0 heterocycles. The SMILES string of the molecule is CC(C)[C@H](NC(=O)OCC1c2ccccc2-c2ccccc21)C(=O)N[C@@](C)(Cc1ccc(OCc2ccccc2)c(OCc2ccccc2)c1)C(=O)N(C)[C@H](C)c1cccc2ccccc12. The maximum atomic E-state index is 15.2. The topological polar surface area (TPSA) is 106 Å². The van der Waals surface area contributed by atoms with Crippen molar-refractivity contribution in [3.05, 3.63) is 203 Å². The molecule has 3 amide bonds. The summed E-state index contributed by atoms with van der Waals surface area (Å²) in [6.07, 6.45) is -0.618. The number of nitrogens with zero attached hydrogens (tertiary/aromatic N) is 1. The number of nitrogens with one attached hydrogen (secondary N) is 2. The van der Waals surface area contributed by atoms with Crippen LogP contribution in [0, 0.1) is 5.92 Å². The molecule has 66 heavy (non-hydrogen) atoms. The average Bonchev–Trinajstić information content (AvgIpc) is 3.66. The van der Waals surface area contributed by atoms with E-state index in [0.29, 0.717) is 24.7 Å². The zero-order chi connectivity index (χ0) is 46.2. The van der Waals surface area contributed by atoms with Gasteiger partial charge in [0.2, 0.25) is 11.8 Å². The van der Waals surface area contributed by atoms with Crippen LogP contribution in [0.5, 0.6) is 11.5 Å². The summed E-state index contributed by atoms with van der Waals surface area (Å²) in [5.74, 6) is -0.269. The molecular weight excluding hydrogens is 823 g/mol. The molecule has 1 aliphatic rings. The summed E-state index contributed by atoms with van der Waals surface area (Å²) < 4.78 is 18.7. The van der Waals surface area contributed by atoms with Crippen molar-refractivity contribution in [1.29, 1.82) is 0 Å². The van der Waals surface area contributed by atoms with Gasteiger partial charge in [-0.3, -0.25) is 9.59 Å². The molecule has 0 aromatic heterocycles. The lowest BCUT2D eigenvalue weighted by Gasteiger charge is -2.38. The third-order valence-corrected chi connectivity index (χ3v) is 12.7. The molecule has 0 bridgehead atoms. The molecule has 0 radical (unpaired) electrons. The smallest absolute Gasteiger partial charge is 0.407 e. The van der Waals surface area contributed by atoms with Gasteiger partial charge in [-0.05, 0) is 87.2 Å². The average molecular weight is 880 g/mol. The van der Waals surface area contributed by atoms with Crippen LogP contribution < -0.4 is 20.1 Å². The Balaban J connectivity index is 1.06. The molecule has 0 spiro atoms. The number of amides is 3. The maximum Gasteiger partial charge on any atom is 0.407 e. The molecule has 336 valence electrons. The number of carbonyl (C=O) groups is 3. The molecule has 0 fully saturated rings. The van der Waals surface area contributed by atoms with E-state index in [9.17, 15) is 9.59 Å². The van der Waals surface area contributed by atoms with Crippen molar-refractivity contribution in [1.82, 2.24) is 15.5 Å². The number of fused-ring (bicyclic) bond motifs is 4. The quantitative estimate of drug-likeness (QED) is 0.0944. The first kappa shape index (κ1) is 45.2. The van der Waals surface area contributed by atoms with Gasteiger partial charge in [0.25, 0.3) is 0 Å². The summed E-state index contributed by atoms with van der Waals surface area (Å²) >= 11 is 0. The Labute approximate surface area is 387 Å². The van der Waals surface area contributed by atoms with E-state index in [2.05, 4.69) is 53.1 Å². The van der Waals surface area contributed by atoms with Gasteiger partial charge in [-0.1, -0.05) is 172 Å². The van der Waals surface area contributed by atoms with Crippen molar-refractivity contribution in [3.8, 4) is 22.6 Å². The van der Waals surface area contributed by atoms with Gasteiger partial charge in [-0.2, -0.15) is 0 Å². The van der Waals surface area contributed by atoms with Crippen molar-refractivity contribution in [2.45, 2.75) is 70.9 Å². The van der Waals surface area contributed by atoms with Crippen molar-refractivity contribution in [2.24, 2.45) is 5.92 Å². The van der Waals surface area contributed by atoms with Gasteiger partial charge in [0.15, 0.2) is 11.5 Å². The lowest BCUT2D eigenvalue weighted by atomic mass is 9.88. The van der Waals surface area contributed by atoms with Crippen LogP contribution in [0.15, 0.2) is 170 Å². The summed E-state index contributed by atoms with van der Waals surface area (Å²) in [5, 5.41) is 8.10. The summed E-state index contributed by atoms with van der Waals surface area (Å²) in [5.41, 5.74) is 6.62. The number of likely N-dealkylation sites (N-methyl/N-ethyl adjacent to an activating group) is 1. The minimum atomic E-state index is -1.50.